The van der Waals surface area contributed by atoms with E-state index in [4.69, 9.17) is 0 Å². The Labute approximate surface area is 93.3 Å². The maximum absolute atomic E-state index is 12.0. The van der Waals surface area contributed by atoms with Crippen LogP contribution in [0, 0.1) is 0 Å². The van der Waals surface area contributed by atoms with Crippen LogP contribution in [-0.2, 0) is 11.3 Å². The zero-order chi connectivity index (χ0) is 10.9. The molecule has 1 aromatic heterocycles. The molecule has 1 aliphatic rings. The second-order valence-electron chi connectivity index (χ2n) is 4.20. The fraction of sp³-hybridized carbons (Fsp3) is 0.600. The summed E-state index contributed by atoms with van der Waals surface area (Å²) in [7, 11) is 0. The van der Waals surface area contributed by atoms with E-state index in [2.05, 4.69) is 10.3 Å². The van der Waals surface area contributed by atoms with Crippen LogP contribution >= 0.6 is 11.3 Å². The third-order valence-corrected chi connectivity index (χ3v) is 3.34. The first-order valence-corrected chi connectivity index (χ1v) is 5.90. The Balaban J connectivity index is 2.06. The summed E-state index contributed by atoms with van der Waals surface area (Å²) in [6.07, 6.45) is 1.78. The Morgan fingerprint density at radius 1 is 1.67 bits per heavy atom. The molecule has 2 rings (SSSR count). The SMILES string of the molecule is CC1(C)NCCN(Cc2nccs2)C1=O. The minimum atomic E-state index is -0.435. The van der Waals surface area contributed by atoms with Gasteiger partial charge in [-0.25, -0.2) is 4.98 Å². The third-order valence-electron chi connectivity index (χ3n) is 2.58. The first kappa shape index (κ1) is 10.6. The van der Waals surface area contributed by atoms with E-state index in [1.165, 1.54) is 0 Å². The van der Waals surface area contributed by atoms with Gasteiger partial charge in [0.05, 0.1) is 12.1 Å². The summed E-state index contributed by atoms with van der Waals surface area (Å²) in [5.41, 5.74) is -0.435. The van der Waals surface area contributed by atoms with E-state index < -0.39 is 5.54 Å². The first-order valence-electron chi connectivity index (χ1n) is 5.02. The standard InChI is InChI=1S/C10H15N3OS/c1-10(2)9(14)13(5-3-12-10)7-8-11-4-6-15-8/h4,6,12H,3,5,7H2,1-2H3. The Bertz CT molecular complexity index is 348. The largest absolute Gasteiger partial charge is 0.333 e. The normalized spacial score (nSPS) is 20.7. The molecule has 1 N–H and O–H groups in total. The first-order chi connectivity index (χ1) is 7.09. The fourth-order valence-corrected chi connectivity index (χ4v) is 2.35. The van der Waals surface area contributed by atoms with E-state index in [0.29, 0.717) is 6.54 Å². The van der Waals surface area contributed by atoms with E-state index in [-0.39, 0.29) is 5.91 Å². The molecule has 15 heavy (non-hydrogen) atoms. The molecule has 0 spiro atoms. The van der Waals surface area contributed by atoms with Gasteiger partial charge in [-0.05, 0) is 13.8 Å². The van der Waals surface area contributed by atoms with Gasteiger partial charge in [0.1, 0.15) is 5.01 Å². The van der Waals surface area contributed by atoms with Crippen LogP contribution in [0.1, 0.15) is 18.9 Å². The van der Waals surface area contributed by atoms with Gasteiger partial charge in [0.15, 0.2) is 0 Å². The number of nitrogens with zero attached hydrogens (tertiary/aromatic N) is 2. The van der Waals surface area contributed by atoms with Gasteiger partial charge in [0.2, 0.25) is 5.91 Å². The van der Waals surface area contributed by atoms with Crippen LogP contribution in [-0.4, -0.2) is 34.4 Å². The van der Waals surface area contributed by atoms with Crippen molar-refractivity contribution < 1.29 is 4.79 Å². The Morgan fingerprint density at radius 2 is 2.47 bits per heavy atom. The van der Waals surface area contributed by atoms with Gasteiger partial charge < -0.3 is 10.2 Å². The van der Waals surface area contributed by atoms with Gasteiger partial charge in [0, 0.05) is 24.7 Å². The summed E-state index contributed by atoms with van der Waals surface area (Å²) in [4.78, 5) is 18.1. The van der Waals surface area contributed by atoms with Crippen molar-refractivity contribution in [1.29, 1.82) is 0 Å². The van der Waals surface area contributed by atoms with Crippen molar-refractivity contribution in [3.63, 3.8) is 0 Å². The number of rotatable bonds is 2. The molecule has 0 unspecified atom stereocenters. The lowest BCUT2D eigenvalue weighted by atomic mass is 10.0. The molecule has 2 heterocycles. The maximum Gasteiger partial charge on any atom is 0.242 e. The number of carbonyl (C=O) groups excluding carboxylic acids is 1. The lowest BCUT2D eigenvalue weighted by molar-refractivity contribution is -0.140. The van der Waals surface area contributed by atoms with E-state index >= 15 is 0 Å². The monoisotopic (exact) mass is 225 g/mol. The number of carbonyl (C=O) groups is 1. The van der Waals surface area contributed by atoms with Gasteiger partial charge in [-0.15, -0.1) is 11.3 Å². The molecule has 0 saturated carbocycles. The molecule has 0 radical (unpaired) electrons. The predicted molar refractivity (Wildman–Crippen MR) is 59.6 cm³/mol. The fourth-order valence-electron chi connectivity index (χ4n) is 1.72. The van der Waals surface area contributed by atoms with Crippen molar-refractivity contribution in [2.75, 3.05) is 13.1 Å². The van der Waals surface area contributed by atoms with Gasteiger partial charge in [-0.2, -0.15) is 0 Å². The summed E-state index contributed by atoms with van der Waals surface area (Å²) in [5.74, 6) is 0.156. The minimum absolute atomic E-state index is 0.156. The topological polar surface area (TPSA) is 45.2 Å². The zero-order valence-electron chi connectivity index (χ0n) is 8.99. The molecular weight excluding hydrogens is 210 g/mol. The highest BCUT2D eigenvalue weighted by Crippen LogP contribution is 2.16. The van der Waals surface area contributed by atoms with Crippen LogP contribution in [0.3, 0.4) is 0 Å². The molecule has 0 atom stereocenters. The number of hydrogen-bond acceptors (Lipinski definition) is 4. The molecule has 82 valence electrons. The maximum atomic E-state index is 12.0. The van der Waals surface area contributed by atoms with Crippen LogP contribution in [0.15, 0.2) is 11.6 Å². The highest BCUT2D eigenvalue weighted by atomic mass is 32.1. The molecule has 1 amide bonds. The number of piperazine rings is 1. The highest BCUT2D eigenvalue weighted by molar-refractivity contribution is 7.09. The molecule has 1 aromatic rings. The molecule has 0 aliphatic carbocycles. The second-order valence-corrected chi connectivity index (χ2v) is 5.18. The summed E-state index contributed by atoms with van der Waals surface area (Å²) in [6, 6.07) is 0. The van der Waals surface area contributed by atoms with Crippen LogP contribution in [0.25, 0.3) is 0 Å². The average Bonchev–Trinajstić information content (AvgIpc) is 2.65. The Hall–Kier alpha value is -0.940. The summed E-state index contributed by atoms with van der Waals surface area (Å²) in [5, 5.41) is 6.15. The third kappa shape index (κ3) is 2.18. The van der Waals surface area contributed by atoms with Crippen molar-refractivity contribution in [1.82, 2.24) is 15.2 Å². The van der Waals surface area contributed by atoms with Crippen molar-refractivity contribution in [3.8, 4) is 0 Å². The van der Waals surface area contributed by atoms with Gasteiger partial charge in [-0.3, -0.25) is 4.79 Å². The summed E-state index contributed by atoms with van der Waals surface area (Å²) < 4.78 is 0. The lowest BCUT2D eigenvalue weighted by Gasteiger charge is -2.37. The molecule has 1 aliphatic heterocycles. The van der Waals surface area contributed by atoms with Gasteiger partial charge in [-0.1, -0.05) is 0 Å². The number of amides is 1. The van der Waals surface area contributed by atoms with Gasteiger partial charge in [0.25, 0.3) is 0 Å². The molecule has 0 aromatic carbocycles. The van der Waals surface area contributed by atoms with Crippen molar-refractivity contribution in [2.45, 2.75) is 25.9 Å². The van der Waals surface area contributed by atoms with E-state index in [9.17, 15) is 4.79 Å². The Morgan fingerprint density at radius 3 is 3.13 bits per heavy atom. The molecule has 4 nitrogen and oxygen atoms in total. The smallest absolute Gasteiger partial charge is 0.242 e. The van der Waals surface area contributed by atoms with Crippen molar-refractivity contribution >= 4 is 17.2 Å². The van der Waals surface area contributed by atoms with Crippen LogP contribution in [0.4, 0.5) is 0 Å². The van der Waals surface area contributed by atoms with Crippen molar-refractivity contribution in [3.05, 3.63) is 16.6 Å². The average molecular weight is 225 g/mol. The summed E-state index contributed by atoms with van der Waals surface area (Å²) >= 11 is 1.59. The lowest BCUT2D eigenvalue weighted by Crippen LogP contribution is -2.60. The number of hydrogen-bond donors (Lipinski definition) is 1. The van der Waals surface area contributed by atoms with E-state index in [1.54, 1.807) is 17.5 Å². The predicted octanol–water partition coefficient (Wildman–Crippen LogP) is 0.853. The highest BCUT2D eigenvalue weighted by Gasteiger charge is 2.35. The van der Waals surface area contributed by atoms with Crippen LogP contribution in [0.5, 0.6) is 0 Å². The molecule has 1 fully saturated rings. The zero-order valence-corrected chi connectivity index (χ0v) is 9.80. The summed E-state index contributed by atoms with van der Waals surface area (Å²) in [6.45, 7) is 6.10. The number of aromatic nitrogens is 1. The minimum Gasteiger partial charge on any atom is -0.333 e. The van der Waals surface area contributed by atoms with Crippen LogP contribution in [0.2, 0.25) is 0 Å². The molecule has 0 bridgehead atoms. The number of thiazole rings is 1. The van der Waals surface area contributed by atoms with E-state index in [0.717, 1.165) is 18.1 Å². The van der Waals surface area contributed by atoms with E-state index in [1.807, 2.05) is 24.1 Å². The van der Waals surface area contributed by atoms with Crippen LogP contribution < -0.4 is 5.32 Å². The second kappa shape index (κ2) is 3.90. The van der Waals surface area contributed by atoms with Gasteiger partial charge >= 0.3 is 0 Å². The molecule has 1 saturated heterocycles. The number of nitrogens with one attached hydrogen (secondary N) is 1. The van der Waals surface area contributed by atoms with Crippen molar-refractivity contribution in [2.24, 2.45) is 0 Å². The molecular formula is C10H15N3OS. The quantitative estimate of drug-likeness (QED) is 0.811. The molecule has 5 heteroatoms. The Kier molecular flexibility index (Phi) is 2.75.